The zero-order valence-corrected chi connectivity index (χ0v) is 23.8. The van der Waals surface area contributed by atoms with Crippen LogP contribution < -0.4 is 20.9 Å². The van der Waals surface area contributed by atoms with Crippen LogP contribution in [-0.2, 0) is 11.0 Å². The third-order valence-corrected chi connectivity index (χ3v) is 7.16. The van der Waals surface area contributed by atoms with Crippen LogP contribution in [0.2, 0.25) is 0 Å². The summed E-state index contributed by atoms with van der Waals surface area (Å²) in [5.41, 5.74) is 3.42. The molecule has 226 valence electrons. The highest BCUT2D eigenvalue weighted by atomic mass is 19.4. The number of nitrogens with zero attached hydrogens (tertiary/aromatic N) is 5. The molecule has 0 aliphatic carbocycles. The lowest BCUT2D eigenvalue weighted by atomic mass is 10.1. The molecule has 1 fully saturated rings. The Bertz CT molecular complexity index is 1590. The second-order valence-corrected chi connectivity index (χ2v) is 10.0. The molecular formula is C29H31F3N8O3. The Labute approximate surface area is 246 Å². The molecular weight excluding hydrogens is 565 g/mol. The number of hydrogen-bond donors (Lipinski definition) is 3. The molecule has 3 heterocycles. The van der Waals surface area contributed by atoms with Gasteiger partial charge in [0.2, 0.25) is 5.95 Å². The van der Waals surface area contributed by atoms with Gasteiger partial charge in [0.25, 0.3) is 5.91 Å². The first-order valence-corrected chi connectivity index (χ1v) is 13.5. The van der Waals surface area contributed by atoms with Crippen LogP contribution in [0.1, 0.15) is 34.8 Å². The van der Waals surface area contributed by atoms with Crippen LogP contribution in [0.25, 0.3) is 11.1 Å². The molecule has 4 aromatic rings. The van der Waals surface area contributed by atoms with E-state index in [4.69, 9.17) is 4.74 Å². The maximum Gasteiger partial charge on any atom is 0.421 e. The van der Waals surface area contributed by atoms with Crippen LogP contribution >= 0.6 is 0 Å². The molecule has 43 heavy (non-hydrogen) atoms. The number of aromatic nitrogens is 4. The highest BCUT2D eigenvalue weighted by Crippen LogP contribution is 2.37. The maximum atomic E-state index is 13.9. The zero-order chi connectivity index (χ0) is 30.6. The zero-order valence-electron chi connectivity index (χ0n) is 23.8. The van der Waals surface area contributed by atoms with Crippen molar-refractivity contribution >= 4 is 29.0 Å². The van der Waals surface area contributed by atoms with E-state index < -0.39 is 23.5 Å². The van der Waals surface area contributed by atoms with Crippen LogP contribution in [-0.4, -0.2) is 64.9 Å². The average molecular weight is 597 g/mol. The fraction of sp³-hybridized carbons (Fsp3) is 0.310. The third-order valence-electron chi connectivity index (χ3n) is 7.16. The summed E-state index contributed by atoms with van der Waals surface area (Å²) in [6.07, 6.45) is 1.79. The second-order valence-electron chi connectivity index (χ2n) is 10.0. The Balaban J connectivity index is 1.40. The predicted octanol–water partition coefficient (Wildman–Crippen LogP) is 5.41. The van der Waals surface area contributed by atoms with Crippen molar-refractivity contribution in [1.29, 1.82) is 0 Å². The van der Waals surface area contributed by atoms with E-state index in [1.54, 1.807) is 18.2 Å². The molecule has 5 rings (SSSR count). The number of rotatable bonds is 9. The highest BCUT2D eigenvalue weighted by molar-refractivity contribution is 5.99. The van der Waals surface area contributed by atoms with Crippen molar-refractivity contribution in [2.75, 3.05) is 45.0 Å². The smallest absolute Gasteiger partial charge is 0.421 e. The molecule has 3 N–H and O–H groups in total. The number of para-hydroxylation sites is 1. The Hall–Kier alpha value is -4.69. The van der Waals surface area contributed by atoms with E-state index >= 15 is 0 Å². The summed E-state index contributed by atoms with van der Waals surface area (Å²) in [5.74, 6) is -0.868. The average Bonchev–Trinajstić information content (AvgIpc) is 3.48. The quantitative estimate of drug-likeness (QED) is 0.218. The first-order chi connectivity index (χ1) is 20.7. The van der Waals surface area contributed by atoms with Gasteiger partial charge in [-0.1, -0.05) is 18.2 Å². The van der Waals surface area contributed by atoms with E-state index in [0.717, 1.165) is 37.1 Å². The van der Waals surface area contributed by atoms with Gasteiger partial charge in [-0.15, -0.1) is 0 Å². The van der Waals surface area contributed by atoms with Gasteiger partial charge >= 0.3 is 6.18 Å². The summed E-state index contributed by atoms with van der Waals surface area (Å²) in [6, 6.07) is 11.8. The molecule has 0 radical (unpaired) electrons. The number of anilines is 4. The minimum Gasteiger partial charge on any atom is -0.495 e. The summed E-state index contributed by atoms with van der Waals surface area (Å²) in [6.45, 7) is 2.04. The lowest BCUT2D eigenvalue weighted by Gasteiger charge is -2.28. The van der Waals surface area contributed by atoms with Gasteiger partial charge in [0, 0.05) is 18.0 Å². The fourth-order valence-electron chi connectivity index (χ4n) is 4.85. The molecule has 2 aromatic carbocycles. The highest BCUT2D eigenvalue weighted by Gasteiger charge is 2.35. The lowest BCUT2D eigenvalue weighted by molar-refractivity contribution is -0.137. The predicted molar refractivity (Wildman–Crippen MR) is 154 cm³/mol. The van der Waals surface area contributed by atoms with Gasteiger partial charge in [-0.3, -0.25) is 14.3 Å². The number of likely N-dealkylation sites (tertiary alicyclic amines) is 1. The number of hydrogen-bond acceptors (Lipinski definition) is 9. The van der Waals surface area contributed by atoms with E-state index in [1.807, 2.05) is 29.2 Å². The van der Waals surface area contributed by atoms with Gasteiger partial charge in [0.05, 0.1) is 43.4 Å². The molecule has 1 aliphatic rings. The third kappa shape index (κ3) is 6.87. The van der Waals surface area contributed by atoms with Crippen LogP contribution in [0.3, 0.4) is 0 Å². The number of piperidine rings is 1. The van der Waals surface area contributed by atoms with Crippen molar-refractivity contribution in [2.24, 2.45) is 0 Å². The number of hydroxylamine groups is 1. The lowest BCUT2D eigenvalue weighted by Crippen LogP contribution is -2.31. The summed E-state index contributed by atoms with van der Waals surface area (Å²) in [7, 11) is 4.86. The molecule has 0 atom stereocenters. The first kappa shape index (κ1) is 29.8. The normalized spacial score (nSPS) is 14.4. The van der Waals surface area contributed by atoms with Crippen LogP contribution in [0.4, 0.5) is 36.3 Å². The number of methoxy groups -OCH3 is 1. The summed E-state index contributed by atoms with van der Waals surface area (Å²) >= 11 is 0. The number of carbonyl (C=O) groups is 1. The molecule has 0 spiro atoms. The van der Waals surface area contributed by atoms with Crippen LogP contribution in [0.5, 0.6) is 5.75 Å². The molecule has 2 aromatic heterocycles. The SMILES string of the molecule is CONC(=O)c1ccccc1Nc1nc(Nc2ccc(-c3cnn(C4CCN(C)CC4)c3)cc2OC)ncc1C(F)(F)F. The van der Waals surface area contributed by atoms with E-state index in [9.17, 15) is 18.0 Å². The van der Waals surface area contributed by atoms with Gasteiger partial charge in [0.15, 0.2) is 0 Å². The summed E-state index contributed by atoms with van der Waals surface area (Å²) in [5, 5.41) is 10.2. The second kappa shape index (κ2) is 12.7. The van der Waals surface area contributed by atoms with E-state index in [2.05, 4.69) is 48.0 Å². The molecule has 0 unspecified atom stereocenters. The Morgan fingerprint density at radius 2 is 1.77 bits per heavy atom. The van der Waals surface area contributed by atoms with Crippen molar-refractivity contribution < 1.29 is 27.5 Å². The molecule has 1 amide bonds. The summed E-state index contributed by atoms with van der Waals surface area (Å²) < 4.78 is 49.2. The first-order valence-electron chi connectivity index (χ1n) is 13.5. The number of halogens is 3. The van der Waals surface area contributed by atoms with Crippen molar-refractivity contribution in [2.45, 2.75) is 25.1 Å². The number of amides is 1. The topological polar surface area (TPSA) is 118 Å². The van der Waals surface area contributed by atoms with Crippen molar-refractivity contribution in [1.82, 2.24) is 30.1 Å². The Kier molecular flexibility index (Phi) is 8.78. The van der Waals surface area contributed by atoms with Gasteiger partial charge < -0.3 is 20.3 Å². The van der Waals surface area contributed by atoms with E-state index in [1.165, 1.54) is 26.4 Å². The standard InChI is InChI=1S/C29H31F3N8O3/c1-39-12-10-20(11-13-39)40-17-19(15-34-40)18-8-9-24(25(14-18)42-2)36-28-33-16-22(29(30,31)32)26(37-28)35-23-7-5-4-6-21(23)27(41)38-43-3/h4-9,14-17,20H,10-13H2,1-3H3,(H,38,41)(H2,33,35,36,37). The number of ether oxygens (including phenoxy) is 1. The van der Waals surface area contributed by atoms with Crippen molar-refractivity contribution in [3.8, 4) is 16.9 Å². The van der Waals surface area contributed by atoms with E-state index in [-0.39, 0.29) is 17.2 Å². The van der Waals surface area contributed by atoms with Crippen LogP contribution in [0.15, 0.2) is 61.1 Å². The Morgan fingerprint density at radius 3 is 2.49 bits per heavy atom. The van der Waals surface area contributed by atoms with Gasteiger partial charge in [-0.2, -0.15) is 23.3 Å². The van der Waals surface area contributed by atoms with Gasteiger partial charge in [-0.05, 0) is 62.8 Å². The monoisotopic (exact) mass is 596 g/mol. The van der Waals surface area contributed by atoms with E-state index in [0.29, 0.717) is 23.7 Å². The Morgan fingerprint density at radius 1 is 1.00 bits per heavy atom. The minimum atomic E-state index is -4.76. The van der Waals surface area contributed by atoms with Crippen molar-refractivity contribution in [3.63, 3.8) is 0 Å². The number of alkyl halides is 3. The molecule has 0 saturated carbocycles. The molecule has 11 nitrogen and oxygen atoms in total. The number of benzene rings is 2. The summed E-state index contributed by atoms with van der Waals surface area (Å²) in [4.78, 5) is 27.3. The fourth-order valence-corrected chi connectivity index (χ4v) is 4.85. The number of nitrogens with one attached hydrogen (secondary N) is 3. The van der Waals surface area contributed by atoms with Crippen LogP contribution in [0, 0.1) is 0 Å². The molecule has 14 heteroatoms. The largest absolute Gasteiger partial charge is 0.495 e. The molecule has 1 aliphatic heterocycles. The van der Waals surface area contributed by atoms with Gasteiger partial charge in [-0.25, -0.2) is 10.5 Å². The minimum absolute atomic E-state index is 0.0574. The van der Waals surface area contributed by atoms with Crippen molar-refractivity contribution in [3.05, 3.63) is 72.2 Å². The maximum absolute atomic E-state index is 13.9. The molecule has 1 saturated heterocycles. The number of carbonyl (C=O) groups excluding carboxylic acids is 1. The van der Waals surface area contributed by atoms with Gasteiger partial charge in [0.1, 0.15) is 17.1 Å². The molecule has 0 bridgehead atoms.